The molecule has 1 aromatic rings. The summed E-state index contributed by atoms with van der Waals surface area (Å²) in [4.78, 5) is 1.31. The van der Waals surface area contributed by atoms with Crippen LogP contribution >= 0.6 is 11.8 Å². The molecule has 13 heavy (non-hydrogen) atoms. The van der Waals surface area contributed by atoms with E-state index < -0.39 is 0 Å². The molecular weight excluding hydrogens is 178 g/mol. The van der Waals surface area contributed by atoms with Crippen molar-refractivity contribution in [3.05, 3.63) is 24.3 Å². The molecule has 0 saturated carbocycles. The van der Waals surface area contributed by atoms with Crippen molar-refractivity contribution in [3.63, 3.8) is 0 Å². The minimum Gasteiger partial charge on any atom is -0.383 e. The highest BCUT2D eigenvalue weighted by Gasteiger charge is 1.97. The topological polar surface area (TPSA) is 12.0 Å². The summed E-state index contributed by atoms with van der Waals surface area (Å²) in [5, 5.41) is 3.43. The fourth-order valence-electron chi connectivity index (χ4n) is 1.07. The Hall–Kier alpha value is -0.630. The summed E-state index contributed by atoms with van der Waals surface area (Å²) in [5.74, 6) is 0. The average Bonchev–Trinajstić information content (AvgIpc) is 2.19. The molecule has 0 aliphatic heterocycles. The summed E-state index contributed by atoms with van der Waals surface area (Å²) in [6, 6.07) is 9.13. The summed E-state index contributed by atoms with van der Waals surface area (Å²) in [7, 11) is 0. The van der Waals surface area contributed by atoms with E-state index in [1.54, 1.807) is 11.8 Å². The minimum absolute atomic E-state index is 0.556. The molecule has 0 unspecified atom stereocenters. The molecule has 1 rings (SSSR count). The highest BCUT2D eigenvalue weighted by molar-refractivity contribution is 7.98. The molecule has 1 atom stereocenters. The fourth-order valence-corrected chi connectivity index (χ4v) is 1.48. The van der Waals surface area contributed by atoms with Crippen molar-refractivity contribution in [1.82, 2.24) is 0 Å². The second-order valence-corrected chi connectivity index (χ2v) is 4.06. The zero-order valence-electron chi connectivity index (χ0n) is 8.50. The molecule has 0 aliphatic rings. The Kier molecular flexibility index (Phi) is 4.16. The van der Waals surface area contributed by atoms with E-state index in [1.807, 2.05) is 0 Å². The van der Waals surface area contributed by atoms with Crippen molar-refractivity contribution < 1.29 is 0 Å². The van der Waals surface area contributed by atoms with Gasteiger partial charge in [0.2, 0.25) is 0 Å². The van der Waals surface area contributed by atoms with Crippen LogP contribution in [0.3, 0.4) is 0 Å². The number of anilines is 1. The van der Waals surface area contributed by atoms with E-state index in [1.165, 1.54) is 10.6 Å². The molecule has 1 N–H and O–H groups in total. The van der Waals surface area contributed by atoms with E-state index in [9.17, 15) is 0 Å². The number of hydrogen-bond acceptors (Lipinski definition) is 2. The smallest absolute Gasteiger partial charge is 0.0342 e. The molecule has 0 amide bonds. The van der Waals surface area contributed by atoms with E-state index in [2.05, 4.69) is 49.7 Å². The van der Waals surface area contributed by atoms with Crippen LogP contribution < -0.4 is 5.32 Å². The van der Waals surface area contributed by atoms with Crippen molar-refractivity contribution in [3.8, 4) is 0 Å². The van der Waals surface area contributed by atoms with Crippen LogP contribution in [0, 0.1) is 0 Å². The highest BCUT2D eigenvalue weighted by atomic mass is 32.2. The van der Waals surface area contributed by atoms with Gasteiger partial charge in [-0.05, 0) is 43.9 Å². The predicted molar refractivity (Wildman–Crippen MR) is 61.6 cm³/mol. The lowest BCUT2D eigenvalue weighted by Gasteiger charge is -2.12. The van der Waals surface area contributed by atoms with Crippen LogP contribution in [-0.4, -0.2) is 12.3 Å². The van der Waals surface area contributed by atoms with Crippen molar-refractivity contribution in [1.29, 1.82) is 0 Å². The largest absolute Gasteiger partial charge is 0.383 e. The predicted octanol–water partition coefficient (Wildman–Crippen LogP) is 3.62. The lowest BCUT2D eigenvalue weighted by molar-refractivity contribution is 0.764. The van der Waals surface area contributed by atoms with Gasteiger partial charge in [0.15, 0.2) is 0 Å². The first-order chi connectivity index (χ1) is 6.26. The van der Waals surface area contributed by atoms with E-state index in [0.29, 0.717) is 6.04 Å². The van der Waals surface area contributed by atoms with E-state index >= 15 is 0 Å². The molecule has 1 nitrogen and oxygen atoms in total. The van der Waals surface area contributed by atoms with Gasteiger partial charge in [-0.2, -0.15) is 0 Å². The van der Waals surface area contributed by atoms with Crippen molar-refractivity contribution in [2.24, 2.45) is 0 Å². The molecular formula is C11H17NS. The third-order valence-corrected chi connectivity index (χ3v) is 2.86. The molecule has 0 fully saturated rings. The normalized spacial score (nSPS) is 12.5. The Balaban J connectivity index is 2.58. The number of rotatable bonds is 4. The molecule has 0 aromatic heterocycles. The molecule has 0 radical (unpaired) electrons. The molecule has 1 aromatic carbocycles. The van der Waals surface area contributed by atoms with Gasteiger partial charge in [0.25, 0.3) is 0 Å². The van der Waals surface area contributed by atoms with Gasteiger partial charge in [0.1, 0.15) is 0 Å². The van der Waals surface area contributed by atoms with E-state index in [4.69, 9.17) is 0 Å². The van der Waals surface area contributed by atoms with E-state index in [-0.39, 0.29) is 0 Å². The first kappa shape index (κ1) is 10.5. The van der Waals surface area contributed by atoms with Crippen LogP contribution in [0.1, 0.15) is 20.3 Å². The maximum atomic E-state index is 3.43. The Labute approximate surface area is 84.9 Å². The highest BCUT2D eigenvalue weighted by Crippen LogP contribution is 2.18. The van der Waals surface area contributed by atoms with Gasteiger partial charge in [-0.15, -0.1) is 11.8 Å². The Morgan fingerprint density at radius 1 is 1.31 bits per heavy atom. The third-order valence-electron chi connectivity index (χ3n) is 2.12. The minimum atomic E-state index is 0.556. The second-order valence-electron chi connectivity index (χ2n) is 3.18. The molecule has 0 aliphatic carbocycles. The van der Waals surface area contributed by atoms with E-state index in [0.717, 1.165) is 6.42 Å². The summed E-state index contributed by atoms with van der Waals surface area (Å²) in [6.45, 7) is 4.39. The molecule has 72 valence electrons. The zero-order valence-corrected chi connectivity index (χ0v) is 9.32. The third kappa shape index (κ3) is 3.31. The molecule has 0 bridgehead atoms. The first-order valence-electron chi connectivity index (χ1n) is 4.67. The summed E-state index contributed by atoms with van der Waals surface area (Å²) >= 11 is 1.77. The van der Waals surface area contributed by atoms with Crippen LogP contribution in [0.5, 0.6) is 0 Å². The Bertz CT molecular complexity index is 243. The van der Waals surface area contributed by atoms with Crippen molar-refractivity contribution in [2.75, 3.05) is 11.6 Å². The van der Waals surface area contributed by atoms with Crippen molar-refractivity contribution >= 4 is 17.4 Å². The first-order valence-corrected chi connectivity index (χ1v) is 5.89. The van der Waals surface area contributed by atoms with Crippen LogP contribution in [0.15, 0.2) is 29.2 Å². The van der Waals surface area contributed by atoms with Crippen LogP contribution in [-0.2, 0) is 0 Å². The number of benzene rings is 1. The maximum absolute atomic E-state index is 3.43. The summed E-state index contributed by atoms with van der Waals surface area (Å²) in [5.41, 5.74) is 1.21. The average molecular weight is 195 g/mol. The number of nitrogens with one attached hydrogen (secondary N) is 1. The number of hydrogen-bond donors (Lipinski definition) is 1. The standard InChI is InChI=1S/C11H17NS/c1-4-9(2)12-10-5-7-11(13-3)8-6-10/h5-9,12H,4H2,1-3H3/t9-/m0/s1. The maximum Gasteiger partial charge on any atom is 0.0342 e. The molecule has 2 heteroatoms. The quantitative estimate of drug-likeness (QED) is 0.736. The Morgan fingerprint density at radius 2 is 1.92 bits per heavy atom. The van der Waals surface area contributed by atoms with Crippen LogP contribution in [0.2, 0.25) is 0 Å². The molecule has 0 saturated heterocycles. The van der Waals surface area contributed by atoms with Gasteiger partial charge < -0.3 is 5.32 Å². The second kappa shape index (κ2) is 5.18. The van der Waals surface area contributed by atoms with Gasteiger partial charge in [0.05, 0.1) is 0 Å². The molecule has 0 heterocycles. The van der Waals surface area contributed by atoms with Gasteiger partial charge >= 0.3 is 0 Å². The zero-order chi connectivity index (χ0) is 9.68. The Morgan fingerprint density at radius 3 is 2.38 bits per heavy atom. The van der Waals surface area contributed by atoms with Gasteiger partial charge in [-0.3, -0.25) is 0 Å². The van der Waals surface area contributed by atoms with Crippen LogP contribution in [0.4, 0.5) is 5.69 Å². The SMILES string of the molecule is CC[C@H](C)Nc1ccc(SC)cc1. The van der Waals surface area contributed by atoms with Gasteiger partial charge in [-0.25, -0.2) is 0 Å². The number of thioether (sulfide) groups is 1. The molecule has 0 spiro atoms. The lowest BCUT2D eigenvalue weighted by Crippen LogP contribution is -2.12. The van der Waals surface area contributed by atoms with Crippen molar-refractivity contribution in [2.45, 2.75) is 31.2 Å². The van der Waals surface area contributed by atoms with Gasteiger partial charge in [-0.1, -0.05) is 6.92 Å². The van der Waals surface area contributed by atoms with Gasteiger partial charge in [0, 0.05) is 16.6 Å². The van der Waals surface area contributed by atoms with Crippen LogP contribution in [0.25, 0.3) is 0 Å². The summed E-state index contributed by atoms with van der Waals surface area (Å²) in [6.07, 6.45) is 3.25. The lowest BCUT2D eigenvalue weighted by atomic mass is 10.2. The summed E-state index contributed by atoms with van der Waals surface area (Å²) < 4.78 is 0. The fraction of sp³-hybridized carbons (Fsp3) is 0.455. The monoisotopic (exact) mass is 195 g/mol.